The zero-order valence-corrected chi connectivity index (χ0v) is 18.7. The van der Waals surface area contributed by atoms with Gasteiger partial charge in [-0.2, -0.15) is 5.26 Å². The number of benzene rings is 1. The molecule has 0 radical (unpaired) electrons. The predicted molar refractivity (Wildman–Crippen MR) is 125 cm³/mol. The van der Waals surface area contributed by atoms with Gasteiger partial charge in [0.1, 0.15) is 15.3 Å². The number of morpholine rings is 1. The number of aromatic nitrogens is 1. The molecule has 0 aliphatic carbocycles. The van der Waals surface area contributed by atoms with Crippen molar-refractivity contribution in [2.75, 3.05) is 38.2 Å². The number of thiazole rings is 1. The maximum Gasteiger partial charge on any atom is 0.270 e. The molecule has 0 saturated carbocycles. The number of rotatable bonds is 7. The summed E-state index contributed by atoms with van der Waals surface area (Å²) in [6, 6.07) is 9.90. The average molecular weight is 452 g/mol. The van der Waals surface area contributed by atoms with Crippen LogP contribution in [0.25, 0.3) is 11.8 Å². The number of anilines is 1. The Hall–Kier alpha value is -3.37. The second kappa shape index (κ2) is 11.3. The lowest BCUT2D eigenvalue weighted by molar-refractivity contribution is -0.115. The number of ether oxygens (including phenoxy) is 1. The van der Waals surface area contributed by atoms with E-state index in [1.807, 2.05) is 24.3 Å². The number of nitrogens with zero attached hydrogens (tertiary/aromatic N) is 3. The van der Waals surface area contributed by atoms with Crippen LogP contribution in [-0.2, 0) is 22.6 Å². The fourth-order valence-corrected chi connectivity index (χ4v) is 4.42. The van der Waals surface area contributed by atoms with Crippen molar-refractivity contribution in [2.45, 2.75) is 20.0 Å². The molecule has 2 N–H and O–H groups in total. The molecule has 0 atom stereocenters. The Morgan fingerprint density at radius 2 is 2.16 bits per heavy atom. The molecule has 1 amide bonds. The number of terminal acetylenes is 1. The molecule has 9 heteroatoms. The normalized spacial score (nSPS) is 15.5. The first kappa shape index (κ1) is 23.3. The van der Waals surface area contributed by atoms with Gasteiger partial charge >= 0.3 is 0 Å². The van der Waals surface area contributed by atoms with Gasteiger partial charge in [0.15, 0.2) is 5.57 Å². The number of carbonyl (C=O) groups excluding carboxylic acids is 1. The first-order valence-corrected chi connectivity index (χ1v) is 11.1. The van der Waals surface area contributed by atoms with Gasteiger partial charge in [0.2, 0.25) is 0 Å². The molecular weight excluding hydrogens is 426 g/mol. The molecule has 1 saturated heterocycles. The van der Waals surface area contributed by atoms with Crippen LogP contribution >= 0.6 is 11.3 Å². The summed E-state index contributed by atoms with van der Waals surface area (Å²) in [4.78, 5) is 27.5. The molecule has 1 aliphatic rings. The van der Waals surface area contributed by atoms with Crippen LogP contribution in [0.5, 0.6) is 0 Å². The summed E-state index contributed by atoms with van der Waals surface area (Å²) in [5.41, 5.74) is 1.62. The molecular formula is C23H25N5O3S. The molecule has 166 valence electrons. The summed E-state index contributed by atoms with van der Waals surface area (Å²) in [5, 5.41) is 15.1. The molecule has 1 aliphatic heterocycles. The van der Waals surface area contributed by atoms with Crippen LogP contribution in [0.2, 0.25) is 0 Å². The van der Waals surface area contributed by atoms with Crippen molar-refractivity contribution in [3.05, 3.63) is 49.4 Å². The Labute approximate surface area is 190 Å². The number of nitrogens with one attached hydrogen (secondary N) is 2. The van der Waals surface area contributed by atoms with E-state index in [1.165, 1.54) is 4.57 Å². The summed E-state index contributed by atoms with van der Waals surface area (Å²) in [6.45, 7) is 6.28. The van der Waals surface area contributed by atoms with Crippen molar-refractivity contribution < 1.29 is 9.53 Å². The predicted octanol–water partition coefficient (Wildman–Crippen LogP) is 0.0357. The maximum absolute atomic E-state index is 12.8. The molecule has 3 rings (SSSR count). The number of hydrogen-bond acceptors (Lipinski definition) is 7. The third-order valence-electron chi connectivity index (χ3n) is 4.93. The molecule has 32 heavy (non-hydrogen) atoms. The van der Waals surface area contributed by atoms with Gasteiger partial charge in [0.05, 0.1) is 19.8 Å². The summed E-state index contributed by atoms with van der Waals surface area (Å²) in [5.74, 6) is 1.70. The Morgan fingerprint density at radius 3 is 2.84 bits per heavy atom. The van der Waals surface area contributed by atoms with E-state index in [1.54, 1.807) is 13.1 Å². The first-order valence-electron chi connectivity index (χ1n) is 10.3. The highest BCUT2D eigenvalue weighted by molar-refractivity contribution is 7.07. The fourth-order valence-electron chi connectivity index (χ4n) is 3.33. The third-order valence-corrected chi connectivity index (χ3v) is 6.06. The number of nitriles is 1. The van der Waals surface area contributed by atoms with Crippen LogP contribution < -0.4 is 25.4 Å². The number of carbonyl (C=O) groups is 1. The van der Waals surface area contributed by atoms with Gasteiger partial charge < -0.3 is 15.4 Å². The summed E-state index contributed by atoms with van der Waals surface area (Å²) in [6.07, 6.45) is 6.78. The van der Waals surface area contributed by atoms with E-state index in [2.05, 4.69) is 27.5 Å². The highest BCUT2D eigenvalue weighted by Crippen LogP contribution is 2.13. The van der Waals surface area contributed by atoms with Crippen LogP contribution in [0.4, 0.5) is 5.69 Å². The first-order chi connectivity index (χ1) is 15.6. The van der Waals surface area contributed by atoms with Crippen LogP contribution in [0.3, 0.4) is 0 Å². The van der Waals surface area contributed by atoms with Crippen molar-refractivity contribution >= 4 is 34.7 Å². The summed E-state index contributed by atoms with van der Waals surface area (Å²) in [7, 11) is 0. The van der Waals surface area contributed by atoms with Crippen molar-refractivity contribution in [1.29, 1.82) is 5.26 Å². The molecule has 0 spiro atoms. The van der Waals surface area contributed by atoms with Crippen LogP contribution in [0, 0.1) is 23.7 Å². The zero-order chi connectivity index (χ0) is 22.9. The minimum Gasteiger partial charge on any atom is -0.379 e. The lowest BCUT2D eigenvalue weighted by Crippen LogP contribution is -2.35. The van der Waals surface area contributed by atoms with E-state index in [0.717, 1.165) is 55.4 Å². The molecule has 1 fully saturated rings. The van der Waals surface area contributed by atoms with Gasteiger partial charge in [-0.1, -0.05) is 18.1 Å². The summed E-state index contributed by atoms with van der Waals surface area (Å²) < 4.78 is 7.52. The zero-order valence-electron chi connectivity index (χ0n) is 17.9. The van der Waals surface area contributed by atoms with Gasteiger partial charge in [-0.15, -0.1) is 17.8 Å². The monoisotopic (exact) mass is 451 g/mol. The topological polar surface area (TPSA) is 99.4 Å². The van der Waals surface area contributed by atoms with Crippen LogP contribution in [0.1, 0.15) is 12.5 Å². The van der Waals surface area contributed by atoms with Crippen molar-refractivity contribution in [1.82, 2.24) is 14.8 Å². The molecule has 0 bridgehead atoms. The molecule has 2 heterocycles. The average Bonchev–Trinajstić information content (AvgIpc) is 3.12. The van der Waals surface area contributed by atoms with Crippen LogP contribution in [0.15, 0.2) is 29.1 Å². The van der Waals surface area contributed by atoms with E-state index in [9.17, 15) is 14.9 Å². The second-order valence-corrected chi connectivity index (χ2v) is 8.10. The molecule has 1 aromatic heterocycles. The quantitative estimate of drug-likeness (QED) is 0.577. The van der Waals surface area contributed by atoms with Gasteiger partial charge in [-0.05, 0) is 24.6 Å². The van der Waals surface area contributed by atoms with E-state index in [4.69, 9.17) is 11.2 Å². The van der Waals surface area contributed by atoms with E-state index >= 15 is 0 Å². The van der Waals surface area contributed by atoms with Crippen molar-refractivity contribution in [2.24, 2.45) is 0 Å². The smallest absolute Gasteiger partial charge is 0.270 e. The molecule has 0 unspecified atom stereocenters. The molecule has 1 aromatic carbocycles. The van der Waals surface area contributed by atoms with E-state index in [0.29, 0.717) is 15.7 Å². The van der Waals surface area contributed by atoms with Gasteiger partial charge in [-0.3, -0.25) is 19.1 Å². The second-order valence-electron chi connectivity index (χ2n) is 7.07. The van der Waals surface area contributed by atoms with Gasteiger partial charge in [0, 0.05) is 38.1 Å². The van der Waals surface area contributed by atoms with Crippen molar-refractivity contribution in [3.8, 4) is 18.4 Å². The lowest BCUT2D eigenvalue weighted by atomic mass is 10.2. The van der Waals surface area contributed by atoms with Crippen molar-refractivity contribution in [3.63, 3.8) is 0 Å². The van der Waals surface area contributed by atoms with Gasteiger partial charge in [0.25, 0.3) is 11.5 Å². The Morgan fingerprint density at radius 1 is 1.38 bits per heavy atom. The standard InChI is InChI=1S/C23H25N5O3S/c1-3-8-25-21(29)19(14-24)23-28(4-2)22(30)20(32-23)15-26-18-7-5-6-17(13-18)16-27-9-11-31-12-10-27/h1,5-7,13,15,26H,4,8-12,16H2,2H3,(H,25,29)/b20-15+,23-19-. The van der Waals surface area contributed by atoms with Gasteiger partial charge in [-0.25, -0.2) is 0 Å². The summed E-state index contributed by atoms with van der Waals surface area (Å²) >= 11 is 1.10. The third kappa shape index (κ3) is 5.65. The Balaban J connectivity index is 1.88. The largest absolute Gasteiger partial charge is 0.379 e. The van der Waals surface area contributed by atoms with E-state index < -0.39 is 5.91 Å². The maximum atomic E-state index is 12.8. The minimum absolute atomic E-state index is 0.00702. The fraction of sp³-hybridized carbons (Fsp3) is 0.348. The number of hydrogen-bond donors (Lipinski definition) is 2. The lowest BCUT2D eigenvalue weighted by Gasteiger charge is -2.26. The molecule has 2 aromatic rings. The molecule has 8 nitrogen and oxygen atoms in total. The minimum atomic E-state index is -0.593. The Kier molecular flexibility index (Phi) is 8.23. The van der Waals surface area contributed by atoms with Crippen LogP contribution in [-0.4, -0.2) is 48.2 Å². The highest BCUT2D eigenvalue weighted by atomic mass is 32.1. The Bertz CT molecular complexity index is 1230. The highest BCUT2D eigenvalue weighted by Gasteiger charge is 2.15. The van der Waals surface area contributed by atoms with E-state index in [-0.39, 0.29) is 17.7 Å². The number of amides is 1. The SMILES string of the molecule is C#CCNC(=O)/C(C#N)=c1\s/c(=C/Nc2cccc(CN3CCOCC3)c2)c(=O)n1CC.